The molecule has 0 fully saturated rings. The molecule has 0 saturated heterocycles. The van der Waals surface area contributed by atoms with Gasteiger partial charge in [-0.15, -0.1) is 0 Å². The topological polar surface area (TPSA) is 98.8 Å². The number of carbonyl (C=O) groups is 1. The second-order valence-corrected chi connectivity index (χ2v) is 0.519. The molecule has 4 N–H and O–H groups in total. The van der Waals surface area contributed by atoms with Crippen molar-refractivity contribution >= 4 is 5.97 Å². The molecule has 0 amide bonds. The van der Waals surface area contributed by atoms with Gasteiger partial charge in [-0.3, -0.25) is 4.79 Å². The van der Waals surface area contributed by atoms with Gasteiger partial charge in [0.05, 0.1) is 0 Å². The zero-order valence-corrected chi connectivity index (χ0v) is 4.30. The Balaban J connectivity index is -0.0000000150. The van der Waals surface area contributed by atoms with E-state index in [0.29, 0.717) is 0 Å². The molecule has 0 radical (unpaired) electrons. The molecule has 0 aromatic carbocycles. The Morgan fingerprint density at radius 3 is 1.57 bits per heavy atom. The molecule has 7 heavy (non-hydrogen) atoms. The maximum Gasteiger partial charge on any atom is 1.00 e. The molecule has 0 unspecified atom stereocenters. The van der Waals surface area contributed by atoms with Gasteiger partial charge in [0.15, 0.2) is 0 Å². The minimum Gasteiger partial charge on any atom is -0.870 e. The molecule has 0 spiro atoms. The van der Waals surface area contributed by atoms with Gasteiger partial charge in [-0.1, -0.05) is 0 Å². The van der Waals surface area contributed by atoms with E-state index in [1.54, 1.807) is 0 Å². The van der Waals surface area contributed by atoms with Crippen LogP contribution < -0.4 is 18.9 Å². The van der Waals surface area contributed by atoms with Crippen LogP contribution in [0.5, 0.6) is 0 Å². The van der Waals surface area contributed by atoms with Crippen molar-refractivity contribution in [3.8, 4) is 0 Å². The van der Waals surface area contributed by atoms with Crippen LogP contribution in [0.1, 0.15) is 6.92 Å². The molecule has 4 nitrogen and oxygen atoms in total. The number of carboxylic acid groups (broad SMARTS) is 1. The van der Waals surface area contributed by atoms with E-state index in [-0.39, 0.29) is 29.8 Å². The van der Waals surface area contributed by atoms with Crippen LogP contribution in [0, 0.1) is 0 Å². The van der Waals surface area contributed by atoms with Crippen LogP contribution in [0.4, 0.5) is 0 Å². The monoisotopic (exact) mass is 102 g/mol. The minimum absolute atomic E-state index is 0. The molecule has 0 aliphatic heterocycles. The average Bonchev–Trinajstić information content (AvgIpc) is 0.811. The van der Waals surface area contributed by atoms with E-state index < -0.39 is 5.97 Å². The third-order valence-electron chi connectivity index (χ3n) is 0. The SMILES string of the molecule is CC(=O)O.O.[Li+].[OH-]. The number of aliphatic carboxylic acids is 1. The summed E-state index contributed by atoms with van der Waals surface area (Å²) in [7, 11) is 0. The molecule has 0 atom stereocenters. The summed E-state index contributed by atoms with van der Waals surface area (Å²) in [6.45, 7) is 1.08. The Morgan fingerprint density at radius 1 is 1.57 bits per heavy atom. The van der Waals surface area contributed by atoms with Crippen LogP contribution in [-0.4, -0.2) is 22.0 Å². The van der Waals surface area contributed by atoms with Gasteiger partial charge >= 0.3 is 18.9 Å². The van der Waals surface area contributed by atoms with Crippen LogP contribution in [-0.2, 0) is 4.79 Å². The summed E-state index contributed by atoms with van der Waals surface area (Å²) in [5, 5.41) is 7.42. The smallest absolute Gasteiger partial charge is 0.870 e. The van der Waals surface area contributed by atoms with E-state index in [1.807, 2.05) is 0 Å². The summed E-state index contributed by atoms with van der Waals surface area (Å²) in [6.07, 6.45) is 0. The molecule has 0 rings (SSSR count). The summed E-state index contributed by atoms with van der Waals surface area (Å²) in [4.78, 5) is 9.00. The fourth-order valence-electron chi connectivity index (χ4n) is 0. The summed E-state index contributed by atoms with van der Waals surface area (Å²) in [5.74, 6) is -0.833. The minimum atomic E-state index is -0.833. The molecule has 0 bridgehead atoms. The Labute approximate surface area is 53.3 Å². The van der Waals surface area contributed by atoms with Crippen molar-refractivity contribution in [3.63, 3.8) is 0 Å². The van der Waals surface area contributed by atoms with Gasteiger partial charge < -0.3 is 16.1 Å². The van der Waals surface area contributed by atoms with Crippen molar-refractivity contribution in [3.05, 3.63) is 0 Å². The molecule has 0 aliphatic rings. The average molecular weight is 102 g/mol. The zero-order valence-electron chi connectivity index (χ0n) is 4.30. The molecule has 40 valence electrons. The molecule has 0 heterocycles. The molecule has 0 saturated carbocycles. The van der Waals surface area contributed by atoms with E-state index >= 15 is 0 Å². The van der Waals surface area contributed by atoms with Crippen LogP contribution in [0.2, 0.25) is 0 Å². The quantitative estimate of drug-likeness (QED) is 0.316. The van der Waals surface area contributed by atoms with E-state index in [2.05, 4.69) is 0 Å². The fraction of sp³-hybridized carbons (Fsp3) is 0.500. The van der Waals surface area contributed by atoms with Crippen LogP contribution in [0.25, 0.3) is 0 Å². The maximum atomic E-state index is 9.00. The van der Waals surface area contributed by atoms with Gasteiger partial charge in [0.25, 0.3) is 5.97 Å². The fourth-order valence-corrected chi connectivity index (χ4v) is 0. The van der Waals surface area contributed by atoms with Crippen molar-refractivity contribution in [2.24, 2.45) is 0 Å². The van der Waals surface area contributed by atoms with Gasteiger partial charge in [-0.2, -0.15) is 0 Å². The summed E-state index contributed by atoms with van der Waals surface area (Å²) in [5.41, 5.74) is 0. The first-order chi connectivity index (χ1) is 1.73. The first kappa shape index (κ1) is 28.1. The molecular formula is C2H7LiO4. The first-order valence-electron chi connectivity index (χ1n) is 0.928. The Bertz CT molecular complexity index is 32.7. The van der Waals surface area contributed by atoms with E-state index in [0.717, 1.165) is 6.92 Å². The predicted molar refractivity (Wildman–Crippen MR) is 18.9 cm³/mol. The number of rotatable bonds is 0. The van der Waals surface area contributed by atoms with Crippen molar-refractivity contribution in [1.29, 1.82) is 0 Å². The van der Waals surface area contributed by atoms with Crippen LogP contribution in [0.3, 0.4) is 0 Å². The van der Waals surface area contributed by atoms with Gasteiger partial charge in [-0.05, 0) is 0 Å². The molecule has 0 aromatic rings. The van der Waals surface area contributed by atoms with Gasteiger partial charge in [0, 0.05) is 6.92 Å². The second kappa shape index (κ2) is 16.7. The second-order valence-electron chi connectivity index (χ2n) is 0.519. The van der Waals surface area contributed by atoms with Gasteiger partial charge in [-0.25, -0.2) is 0 Å². The number of hydrogen-bond acceptors (Lipinski definition) is 2. The van der Waals surface area contributed by atoms with Crippen LogP contribution in [0.15, 0.2) is 0 Å². The number of hydrogen-bond donors (Lipinski definition) is 1. The van der Waals surface area contributed by atoms with E-state index in [1.165, 1.54) is 0 Å². The van der Waals surface area contributed by atoms with Crippen molar-refractivity contribution in [1.82, 2.24) is 0 Å². The normalized spacial score (nSPS) is 3.57. The van der Waals surface area contributed by atoms with Crippen LogP contribution >= 0.6 is 0 Å². The first-order valence-corrected chi connectivity index (χ1v) is 0.928. The predicted octanol–water partition coefficient (Wildman–Crippen LogP) is -3.91. The summed E-state index contributed by atoms with van der Waals surface area (Å²) in [6, 6.07) is 0. The van der Waals surface area contributed by atoms with Gasteiger partial charge in [0.1, 0.15) is 0 Å². The zero-order chi connectivity index (χ0) is 3.58. The largest absolute Gasteiger partial charge is 1.00 e. The molecule has 5 heteroatoms. The van der Waals surface area contributed by atoms with Crippen molar-refractivity contribution < 1.29 is 39.7 Å². The third-order valence-corrected chi connectivity index (χ3v) is 0. The summed E-state index contributed by atoms with van der Waals surface area (Å²) >= 11 is 0. The van der Waals surface area contributed by atoms with E-state index in [4.69, 9.17) is 9.90 Å². The Kier molecular flexibility index (Phi) is 66.9. The molecule has 0 aliphatic carbocycles. The Hall–Kier alpha value is -0.0126. The maximum absolute atomic E-state index is 9.00. The third kappa shape index (κ3) is 600000. The van der Waals surface area contributed by atoms with Crippen molar-refractivity contribution in [2.75, 3.05) is 0 Å². The molecular weight excluding hydrogens is 95.0 g/mol. The molecule has 0 aromatic heterocycles. The van der Waals surface area contributed by atoms with Gasteiger partial charge in [0.2, 0.25) is 0 Å². The Morgan fingerprint density at radius 2 is 1.57 bits per heavy atom. The van der Waals surface area contributed by atoms with Crippen molar-refractivity contribution in [2.45, 2.75) is 6.92 Å². The summed E-state index contributed by atoms with van der Waals surface area (Å²) < 4.78 is 0. The standard InChI is InChI=1S/C2H4O2.Li.2H2O/c1-2(3)4;;;/h1H3,(H,3,4);;2*1H2/q;+1;;/p-1. The number of carboxylic acids is 1. The van der Waals surface area contributed by atoms with E-state index in [9.17, 15) is 0 Å².